The molecule has 2 N–H and O–H groups in total. The van der Waals surface area contributed by atoms with Gasteiger partial charge in [0.05, 0.1) is 0 Å². The summed E-state index contributed by atoms with van der Waals surface area (Å²) in [7, 11) is 0. The average molecular weight is 348 g/mol. The monoisotopic (exact) mass is 347 g/mol. The predicted octanol–water partition coefficient (Wildman–Crippen LogP) is 4.87. The van der Waals surface area contributed by atoms with E-state index in [0.29, 0.717) is 0 Å². The number of benzene rings is 2. The van der Waals surface area contributed by atoms with Gasteiger partial charge in [-0.25, -0.2) is 0 Å². The van der Waals surface area contributed by atoms with Gasteiger partial charge >= 0.3 is 0 Å². The molecule has 2 unspecified atom stereocenters. The van der Waals surface area contributed by atoms with E-state index in [1.165, 1.54) is 5.56 Å². The third-order valence-corrected chi connectivity index (χ3v) is 4.19. The lowest BCUT2D eigenvalue weighted by Gasteiger charge is -2.26. The molecule has 0 bridgehead atoms. The first kappa shape index (κ1) is 16.1. The molecular formula is C18H22BrNO. The number of hydrogen-bond acceptors (Lipinski definition) is 2. The van der Waals surface area contributed by atoms with Gasteiger partial charge in [0.1, 0.15) is 11.9 Å². The van der Waals surface area contributed by atoms with E-state index in [9.17, 15) is 0 Å². The van der Waals surface area contributed by atoms with Gasteiger partial charge in [0.15, 0.2) is 0 Å². The number of hydrogen-bond donors (Lipinski definition) is 1. The van der Waals surface area contributed by atoms with Crippen LogP contribution in [0.3, 0.4) is 0 Å². The second kappa shape index (κ2) is 7.62. The molecular weight excluding hydrogens is 326 g/mol. The summed E-state index contributed by atoms with van der Waals surface area (Å²) in [5.41, 5.74) is 8.61. The van der Waals surface area contributed by atoms with Crippen LogP contribution in [0.4, 0.5) is 0 Å². The Kier molecular flexibility index (Phi) is 5.83. The molecule has 0 saturated carbocycles. The molecule has 2 atom stereocenters. The Balaban J connectivity index is 2.30. The van der Waals surface area contributed by atoms with Gasteiger partial charge in [-0.3, -0.25) is 0 Å². The van der Waals surface area contributed by atoms with Crippen LogP contribution in [0.25, 0.3) is 0 Å². The minimum atomic E-state index is -0.129. The Morgan fingerprint density at radius 2 is 1.71 bits per heavy atom. The zero-order valence-corrected chi connectivity index (χ0v) is 14.1. The van der Waals surface area contributed by atoms with Crippen LogP contribution in [0.5, 0.6) is 5.75 Å². The number of para-hydroxylation sites is 1. The summed E-state index contributed by atoms with van der Waals surface area (Å²) in [6, 6.07) is 16.3. The Morgan fingerprint density at radius 1 is 1.05 bits per heavy atom. The molecule has 2 aromatic rings. The van der Waals surface area contributed by atoms with Crippen molar-refractivity contribution in [2.24, 2.45) is 5.73 Å². The number of halogens is 1. The molecule has 3 heteroatoms. The van der Waals surface area contributed by atoms with Gasteiger partial charge in [0, 0.05) is 10.5 Å². The molecule has 2 nitrogen and oxygen atoms in total. The Labute approximate surface area is 135 Å². The number of nitrogens with two attached hydrogens (primary N) is 1. The molecule has 0 spiro atoms. The predicted molar refractivity (Wildman–Crippen MR) is 91.6 cm³/mol. The summed E-state index contributed by atoms with van der Waals surface area (Å²) in [5, 5.41) is 0. The minimum absolute atomic E-state index is 0.0314. The van der Waals surface area contributed by atoms with Crippen molar-refractivity contribution in [1.82, 2.24) is 0 Å². The average Bonchev–Trinajstić information content (AvgIpc) is 2.53. The first-order valence-electron chi connectivity index (χ1n) is 7.41. The number of rotatable bonds is 6. The standard InChI is InChI=1S/C18H22BrNO/c1-3-13-7-5-6-8-17(13)21-18(16(20)4-2)14-9-11-15(19)12-10-14/h5-12,16,18H,3-4,20H2,1-2H3. The van der Waals surface area contributed by atoms with Crippen LogP contribution in [0.2, 0.25) is 0 Å². The molecule has 0 heterocycles. The molecule has 0 aliphatic rings. The van der Waals surface area contributed by atoms with E-state index in [1.807, 2.05) is 30.3 Å². The van der Waals surface area contributed by atoms with Crippen molar-refractivity contribution < 1.29 is 4.74 Å². The SMILES string of the molecule is CCc1ccccc1OC(c1ccc(Br)cc1)C(N)CC. The van der Waals surface area contributed by atoms with E-state index in [2.05, 4.69) is 48.0 Å². The fourth-order valence-electron chi connectivity index (χ4n) is 2.32. The van der Waals surface area contributed by atoms with Crippen LogP contribution in [-0.4, -0.2) is 6.04 Å². The first-order chi connectivity index (χ1) is 10.2. The van der Waals surface area contributed by atoms with Crippen molar-refractivity contribution in [3.8, 4) is 5.75 Å². The largest absolute Gasteiger partial charge is 0.484 e. The highest BCUT2D eigenvalue weighted by molar-refractivity contribution is 9.10. The summed E-state index contributed by atoms with van der Waals surface area (Å²) >= 11 is 3.47. The van der Waals surface area contributed by atoms with Gasteiger partial charge < -0.3 is 10.5 Å². The fraction of sp³-hybridized carbons (Fsp3) is 0.333. The molecule has 0 aromatic heterocycles. The molecule has 0 radical (unpaired) electrons. The molecule has 0 saturated heterocycles. The van der Waals surface area contributed by atoms with E-state index in [4.69, 9.17) is 10.5 Å². The summed E-state index contributed by atoms with van der Waals surface area (Å²) in [6.45, 7) is 4.22. The van der Waals surface area contributed by atoms with Crippen molar-refractivity contribution in [1.29, 1.82) is 0 Å². The van der Waals surface area contributed by atoms with Gasteiger partial charge in [0.2, 0.25) is 0 Å². The van der Waals surface area contributed by atoms with Crippen molar-refractivity contribution in [2.45, 2.75) is 38.8 Å². The summed E-state index contributed by atoms with van der Waals surface area (Å²) in [6.07, 6.45) is 1.69. The van der Waals surface area contributed by atoms with Crippen LogP contribution in [0.15, 0.2) is 53.0 Å². The van der Waals surface area contributed by atoms with Crippen molar-refractivity contribution in [3.05, 3.63) is 64.1 Å². The van der Waals surface area contributed by atoms with Crippen LogP contribution >= 0.6 is 15.9 Å². The van der Waals surface area contributed by atoms with E-state index < -0.39 is 0 Å². The van der Waals surface area contributed by atoms with Gasteiger partial charge in [-0.2, -0.15) is 0 Å². The zero-order valence-electron chi connectivity index (χ0n) is 12.6. The second-order valence-corrected chi connectivity index (χ2v) is 6.04. The molecule has 112 valence electrons. The Hall–Kier alpha value is -1.32. The lowest BCUT2D eigenvalue weighted by molar-refractivity contribution is 0.169. The second-order valence-electron chi connectivity index (χ2n) is 5.12. The van der Waals surface area contributed by atoms with Crippen LogP contribution in [0.1, 0.15) is 37.5 Å². The summed E-state index contributed by atoms with van der Waals surface area (Å²) in [5.74, 6) is 0.928. The highest BCUT2D eigenvalue weighted by Gasteiger charge is 2.21. The Morgan fingerprint density at radius 3 is 2.33 bits per heavy atom. The van der Waals surface area contributed by atoms with E-state index in [1.54, 1.807) is 0 Å². The van der Waals surface area contributed by atoms with Crippen LogP contribution < -0.4 is 10.5 Å². The highest BCUT2D eigenvalue weighted by Crippen LogP contribution is 2.29. The van der Waals surface area contributed by atoms with E-state index in [0.717, 1.165) is 28.6 Å². The van der Waals surface area contributed by atoms with Crippen LogP contribution in [-0.2, 0) is 6.42 Å². The molecule has 2 aromatic carbocycles. The lowest BCUT2D eigenvalue weighted by atomic mass is 10.0. The maximum absolute atomic E-state index is 6.29. The quantitative estimate of drug-likeness (QED) is 0.808. The minimum Gasteiger partial charge on any atom is -0.484 e. The van der Waals surface area contributed by atoms with Gasteiger partial charge in [0.25, 0.3) is 0 Å². The third-order valence-electron chi connectivity index (χ3n) is 3.67. The smallest absolute Gasteiger partial charge is 0.139 e. The molecule has 0 fully saturated rings. The maximum Gasteiger partial charge on any atom is 0.139 e. The third kappa shape index (κ3) is 4.08. The number of ether oxygens (including phenoxy) is 1. The highest BCUT2D eigenvalue weighted by atomic mass is 79.9. The molecule has 0 amide bonds. The topological polar surface area (TPSA) is 35.2 Å². The molecule has 0 aliphatic heterocycles. The van der Waals surface area contributed by atoms with E-state index >= 15 is 0 Å². The molecule has 0 aliphatic carbocycles. The zero-order chi connectivity index (χ0) is 15.2. The molecule has 2 rings (SSSR count). The normalized spacial score (nSPS) is 13.7. The van der Waals surface area contributed by atoms with Gasteiger partial charge in [-0.05, 0) is 42.2 Å². The summed E-state index contributed by atoms with van der Waals surface area (Å²) < 4.78 is 7.33. The van der Waals surface area contributed by atoms with Gasteiger partial charge in [-0.15, -0.1) is 0 Å². The maximum atomic E-state index is 6.29. The lowest BCUT2D eigenvalue weighted by Crippen LogP contribution is -2.31. The van der Waals surface area contributed by atoms with Crippen molar-refractivity contribution in [3.63, 3.8) is 0 Å². The summed E-state index contributed by atoms with van der Waals surface area (Å²) in [4.78, 5) is 0. The Bertz CT molecular complexity index is 568. The first-order valence-corrected chi connectivity index (χ1v) is 8.20. The van der Waals surface area contributed by atoms with E-state index in [-0.39, 0.29) is 12.1 Å². The van der Waals surface area contributed by atoms with Crippen molar-refractivity contribution in [2.75, 3.05) is 0 Å². The molecule has 21 heavy (non-hydrogen) atoms. The number of aryl methyl sites for hydroxylation is 1. The van der Waals surface area contributed by atoms with Crippen molar-refractivity contribution >= 4 is 15.9 Å². The van der Waals surface area contributed by atoms with Gasteiger partial charge in [-0.1, -0.05) is 60.1 Å². The van der Waals surface area contributed by atoms with Crippen LogP contribution in [0, 0.1) is 0 Å². The fourth-order valence-corrected chi connectivity index (χ4v) is 2.58.